The van der Waals surface area contributed by atoms with E-state index in [9.17, 15) is 0 Å². The molecule has 2 nitrogen and oxygen atoms in total. The largest absolute Gasteiger partial charge is 0.465 e. The maximum absolute atomic E-state index is 5.33. The topological polar surface area (TPSA) is 39.2 Å². The first kappa shape index (κ1) is 7.09. The lowest BCUT2D eigenvalue weighted by Crippen LogP contribution is -1.98. The summed E-state index contributed by atoms with van der Waals surface area (Å²) in [5.41, 5.74) is 6.30. The molecule has 1 aromatic rings. The van der Waals surface area contributed by atoms with Crippen LogP contribution in [0.25, 0.3) is 5.57 Å². The van der Waals surface area contributed by atoms with Crippen LogP contribution in [-0.4, -0.2) is 6.54 Å². The van der Waals surface area contributed by atoms with Gasteiger partial charge in [-0.25, -0.2) is 0 Å². The second-order valence-electron chi connectivity index (χ2n) is 2.12. The Morgan fingerprint density at radius 1 is 1.70 bits per heavy atom. The van der Waals surface area contributed by atoms with Gasteiger partial charge < -0.3 is 10.2 Å². The fourth-order valence-corrected chi connectivity index (χ4v) is 0.777. The Hall–Kier alpha value is -1.02. The molecule has 2 heteroatoms. The van der Waals surface area contributed by atoms with Gasteiger partial charge in [-0.1, -0.05) is 6.58 Å². The molecule has 0 amide bonds. The molecule has 1 heterocycles. The Labute approximate surface area is 60.3 Å². The molecule has 0 aliphatic rings. The second kappa shape index (κ2) is 3.22. The summed E-state index contributed by atoms with van der Waals surface area (Å²) < 4.78 is 5.09. The summed E-state index contributed by atoms with van der Waals surface area (Å²) in [7, 11) is 0. The van der Waals surface area contributed by atoms with Crippen molar-refractivity contribution < 1.29 is 4.42 Å². The minimum absolute atomic E-state index is 0.625. The first-order chi connectivity index (χ1) is 4.84. The normalized spacial score (nSPS) is 9.70. The molecule has 0 atom stereocenters. The molecule has 0 aromatic carbocycles. The van der Waals surface area contributed by atoms with Crippen molar-refractivity contribution in [2.75, 3.05) is 6.54 Å². The molecule has 2 N–H and O–H groups in total. The first-order valence-corrected chi connectivity index (χ1v) is 3.26. The zero-order chi connectivity index (χ0) is 7.40. The molecule has 0 spiro atoms. The lowest BCUT2D eigenvalue weighted by atomic mass is 10.2. The van der Waals surface area contributed by atoms with E-state index in [4.69, 9.17) is 10.2 Å². The van der Waals surface area contributed by atoms with Crippen molar-refractivity contribution in [2.45, 2.75) is 6.42 Å². The van der Waals surface area contributed by atoms with Gasteiger partial charge >= 0.3 is 0 Å². The highest BCUT2D eigenvalue weighted by molar-refractivity contribution is 5.58. The van der Waals surface area contributed by atoms with E-state index in [1.807, 2.05) is 12.1 Å². The van der Waals surface area contributed by atoms with Gasteiger partial charge in [0.1, 0.15) is 5.76 Å². The quantitative estimate of drug-likeness (QED) is 0.687. The van der Waals surface area contributed by atoms with E-state index in [0.717, 1.165) is 17.8 Å². The van der Waals surface area contributed by atoms with Gasteiger partial charge in [0.15, 0.2) is 0 Å². The van der Waals surface area contributed by atoms with Crippen LogP contribution in [0, 0.1) is 0 Å². The Kier molecular flexibility index (Phi) is 2.29. The Balaban J connectivity index is 2.59. The van der Waals surface area contributed by atoms with E-state index in [1.165, 1.54) is 0 Å². The summed E-state index contributed by atoms with van der Waals surface area (Å²) >= 11 is 0. The molecule has 0 aliphatic carbocycles. The minimum atomic E-state index is 0.625. The van der Waals surface area contributed by atoms with Crippen LogP contribution in [0.2, 0.25) is 0 Å². The molecule has 0 fully saturated rings. The maximum atomic E-state index is 5.33. The minimum Gasteiger partial charge on any atom is -0.465 e. The molecule has 0 unspecified atom stereocenters. The number of hydrogen-bond donors (Lipinski definition) is 1. The Morgan fingerprint density at radius 2 is 2.50 bits per heavy atom. The summed E-state index contributed by atoms with van der Waals surface area (Å²) in [6.07, 6.45) is 2.44. The average Bonchev–Trinajstić information content (AvgIpc) is 2.38. The van der Waals surface area contributed by atoms with E-state index in [2.05, 4.69) is 6.58 Å². The van der Waals surface area contributed by atoms with Gasteiger partial charge in [0, 0.05) is 0 Å². The zero-order valence-corrected chi connectivity index (χ0v) is 5.84. The van der Waals surface area contributed by atoms with E-state index in [-0.39, 0.29) is 0 Å². The third-order valence-corrected chi connectivity index (χ3v) is 1.32. The standard InChI is InChI=1S/C8H11NO/c1-7(4-5-9)8-3-2-6-10-8/h2-3,6H,1,4-5,9H2. The summed E-state index contributed by atoms with van der Waals surface area (Å²) in [5.74, 6) is 0.838. The lowest BCUT2D eigenvalue weighted by molar-refractivity contribution is 0.550. The van der Waals surface area contributed by atoms with E-state index < -0.39 is 0 Å². The highest BCUT2D eigenvalue weighted by atomic mass is 16.3. The number of nitrogens with two attached hydrogens (primary N) is 1. The Morgan fingerprint density at radius 3 is 3.00 bits per heavy atom. The molecule has 1 rings (SSSR count). The number of hydrogen-bond acceptors (Lipinski definition) is 2. The third kappa shape index (κ3) is 1.48. The molecule has 0 saturated carbocycles. The van der Waals surface area contributed by atoms with Crippen molar-refractivity contribution in [3.8, 4) is 0 Å². The first-order valence-electron chi connectivity index (χ1n) is 3.26. The smallest absolute Gasteiger partial charge is 0.129 e. The summed E-state index contributed by atoms with van der Waals surface area (Å²) in [5, 5.41) is 0. The molecule has 0 radical (unpaired) electrons. The molecule has 0 aliphatic heterocycles. The van der Waals surface area contributed by atoms with Crippen LogP contribution in [0.4, 0.5) is 0 Å². The zero-order valence-electron chi connectivity index (χ0n) is 5.84. The highest BCUT2D eigenvalue weighted by Gasteiger charge is 1.98. The van der Waals surface area contributed by atoms with Crippen LogP contribution in [0.3, 0.4) is 0 Å². The van der Waals surface area contributed by atoms with E-state index in [1.54, 1.807) is 6.26 Å². The van der Waals surface area contributed by atoms with Crippen molar-refractivity contribution >= 4 is 5.57 Å². The van der Waals surface area contributed by atoms with Crippen molar-refractivity contribution in [1.82, 2.24) is 0 Å². The van der Waals surface area contributed by atoms with Crippen LogP contribution >= 0.6 is 0 Å². The molecule has 10 heavy (non-hydrogen) atoms. The van der Waals surface area contributed by atoms with Gasteiger partial charge in [-0.2, -0.15) is 0 Å². The monoisotopic (exact) mass is 137 g/mol. The summed E-state index contributed by atoms with van der Waals surface area (Å²) in [6.45, 7) is 4.44. The maximum Gasteiger partial charge on any atom is 0.129 e. The fraction of sp³-hybridized carbons (Fsp3) is 0.250. The van der Waals surface area contributed by atoms with Crippen LogP contribution in [0.5, 0.6) is 0 Å². The highest BCUT2D eigenvalue weighted by Crippen LogP contribution is 2.14. The van der Waals surface area contributed by atoms with Crippen LogP contribution in [0.15, 0.2) is 29.4 Å². The molecule has 54 valence electrons. The van der Waals surface area contributed by atoms with Gasteiger partial charge in [-0.3, -0.25) is 0 Å². The lowest BCUT2D eigenvalue weighted by Gasteiger charge is -1.96. The SMILES string of the molecule is C=C(CCN)c1ccco1. The molecule has 0 bridgehead atoms. The second-order valence-corrected chi connectivity index (χ2v) is 2.12. The van der Waals surface area contributed by atoms with Crippen molar-refractivity contribution in [3.63, 3.8) is 0 Å². The van der Waals surface area contributed by atoms with Crippen molar-refractivity contribution in [2.24, 2.45) is 5.73 Å². The molecule has 0 saturated heterocycles. The van der Waals surface area contributed by atoms with Gasteiger partial charge in [-0.15, -0.1) is 0 Å². The van der Waals surface area contributed by atoms with Crippen LogP contribution < -0.4 is 5.73 Å². The number of rotatable bonds is 3. The van der Waals surface area contributed by atoms with Crippen LogP contribution in [0.1, 0.15) is 12.2 Å². The molecular formula is C8H11NO. The van der Waals surface area contributed by atoms with Gasteiger partial charge in [0.25, 0.3) is 0 Å². The van der Waals surface area contributed by atoms with Gasteiger partial charge in [0.05, 0.1) is 6.26 Å². The number of furan rings is 1. The summed E-state index contributed by atoms with van der Waals surface area (Å²) in [6, 6.07) is 3.73. The Bertz CT molecular complexity index is 201. The van der Waals surface area contributed by atoms with E-state index >= 15 is 0 Å². The van der Waals surface area contributed by atoms with Gasteiger partial charge in [-0.05, 0) is 30.7 Å². The van der Waals surface area contributed by atoms with E-state index in [0.29, 0.717) is 6.54 Å². The molecule has 1 aromatic heterocycles. The molecular weight excluding hydrogens is 126 g/mol. The predicted octanol–water partition coefficient (Wildman–Crippen LogP) is 1.64. The third-order valence-electron chi connectivity index (χ3n) is 1.32. The van der Waals surface area contributed by atoms with Crippen LogP contribution in [-0.2, 0) is 0 Å². The van der Waals surface area contributed by atoms with Gasteiger partial charge in [0.2, 0.25) is 0 Å². The summed E-state index contributed by atoms with van der Waals surface area (Å²) in [4.78, 5) is 0. The predicted molar refractivity (Wildman–Crippen MR) is 41.4 cm³/mol. The van der Waals surface area contributed by atoms with Crippen molar-refractivity contribution in [3.05, 3.63) is 30.7 Å². The average molecular weight is 137 g/mol. The fourth-order valence-electron chi connectivity index (χ4n) is 0.777. The van der Waals surface area contributed by atoms with Crippen molar-refractivity contribution in [1.29, 1.82) is 0 Å².